The number of hydrogen-bond donors (Lipinski definition) is 2. The van der Waals surface area contributed by atoms with Gasteiger partial charge < -0.3 is 10.5 Å². The molecule has 0 aliphatic rings. The van der Waals surface area contributed by atoms with Crippen LogP contribution in [0, 0.1) is 0 Å². The number of anilines is 1. The number of fused-ring (bicyclic) bond motifs is 1. The lowest BCUT2D eigenvalue weighted by atomic mass is 10.1. The first-order chi connectivity index (χ1) is 13.7. The molecule has 28 heavy (non-hydrogen) atoms. The first kappa shape index (κ1) is 18.1. The topological polar surface area (TPSA) is 90.1 Å². The summed E-state index contributed by atoms with van der Waals surface area (Å²) < 4.78 is 6.43. The number of pyridine rings is 1. The minimum absolute atomic E-state index is 0.209. The van der Waals surface area contributed by atoms with E-state index in [1.54, 1.807) is 36.7 Å². The van der Waals surface area contributed by atoms with Gasteiger partial charge in [-0.05, 0) is 59.7 Å². The largest absolute Gasteiger partial charge is 0.492 e. The van der Waals surface area contributed by atoms with Crippen molar-refractivity contribution in [1.82, 2.24) is 9.97 Å². The number of nitrogens with two attached hydrogens (primary N) is 1. The summed E-state index contributed by atoms with van der Waals surface area (Å²) in [5.41, 5.74) is 8.98. The van der Waals surface area contributed by atoms with Crippen LogP contribution in [-0.4, -0.2) is 29.0 Å². The normalized spacial score (nSPS) is 10.8. The zero-order valence-electron chi connectivity index (χ0n) is 15.0. The maximum absolute atomic E-state index is 12.5. The zero-order valence-corrected chi connectivity index (χ0v) is 15.8. The number of carbonyl (C=O) groups is 1. The van der Waals surface area contributed by atoms with Crippen LogP contribution in [0.3, 0.4) is 0 Å². The van der Waals surface area contributed by atoms with E-state index < -0.39 is 0 Å². The fourth-order valence-corrected chi connectivity index (χ4v) is 3.65. The third-order valence-corrected chi connectivity index (χ3v) is 5.06. The highest BCUT2D eigenvalue weighted by molar-refractivity contribution is 7.22. The number of benzene rings is 2. The Bertz CT molecular complexity index is 1090. The van der Waals surface area contributed by atoms with E-state index in [9.17, 15) is 4.79 Å². The molecule has 0 spiro atoms. The highest BCUT2D eigenvalue weighted by atomic mass is 32.1. The lowest BCUT2D eigenvalue weighted by molar-refractivity contribution is 0.102. The third kappa shape index (κ3) is 4.00. The molecular weight excluding hydrogens is 372 g/mol. The number of amides is 1. The predicted molar refractivity (Wildman–Crippen MR) is 112 cm³/mol. The Labute approximate surface area is 166 Å². The summed E-state index contributed by atoms with van der Waals surface area (Å²) in [5, 5.41) is 3.43. The van der Waals surface area contributed by atoms with E-state index >= 15 is 0 Å². The van der Waals surface area contributed by atoms with Crippen molar-refractivity contribution in [2.24, 2.45) is 5.73 Å². The van der Waals surface area contributed by atoms with Gasteiger partial charge in [-0.15, -0.1) is 0 Å². The van der Waals surface area contributed by atoms with Crippen LogP contribution < -0.4 is 15.8 Å². The molecule has 4 rings (SSSR count). The van der Waals surface area contributed by atoms with Crippen LogP contribution >= 0.6 is 11.3 Å². The van der Waals surface area contributed by atoms with E-state index in [1.807, 2.05) is 24.3 Å². The standard InChI is InChI=1S/C21H18N4O2S/c22-9-12-27-17-4-1-15(2-5-17)20(26)25-21-24-18-6-3-16(13-19(18)28-21)14-7-10-23-11-8-14/h1-8,10-11,13H,9,12,22H2,(H,24,25,26). The summed E-state index contributed by atoms with van der Waals surface area (Å²) in [6.45, 7) is 0.890. The Morgan fingerprint density at radius 2 is 1.82 bits per heavy atom. The van der Waals surface area contributed by atoms with Crippen molar-refractivity contribution in [2.75, 3.05) is 18.5 Å². The second kappa shape index (κ2) is 8.16. The van der Waals surface area contributed by atoms with Crippen LogP contribution in [0.5, 0.6) is 5.75 Å². The number of nitrogens with one attached hydrogen (secondary N) is 1. The molecule has 6 nitrogen and oxygen atoms in total. The van der Waals surface area contributed by atoms with Gasteiger partial charge in [-0.2, -0.15) is 0 Å². The molecule has 0 unspecified atom stereocenters. The number of carbonyl (C=O) groups excluding carboxylic acids is 1. The molecule has 140 valence electrons. The average molecular weight is 390 g/mol. The summed E-state index contributed by atoms with van der Waals surface area (Å²) in [4.78, 5) is 21.0. The van der Waals surface area contributed by atoms with Crippen molar-refractivity contribution in [1.29, 1.82) is 0 Å². The maximum Gasteiger partial charge on any atom is 0.257 e. The maximum atomic E-state index is 12.5. The summed E-state index contributed by atoms with van der Waals surface area (Å²) in [6.07, 6.45) is 3.54. The molecule has 0 saturated carbocycles. The minimum atomic E-state index is -0.209. The predicted octanol–water partition coefficient (Wildman–Crippen LogP) is 3.95. The summed E-state index contributed by atoms with van der Waals surface area (Å²) >= 11 is 1.45. The van der Waals surface area contributed by atoms with Crippen LogP contribution in [0.25, 0.3) is 21.3 Å². The van der Waals surface area contributed by atoms with Crippen molar-refractivity contribution >= 4 is 32.6 Å². The van der Waals surface area contributed by atoms with Crippen molar-refractivity contribution in [2.45, 2.75) is 0 Å². The van der Waals surface area contributed by atoms with Crippen molar-refractivity contribution < 1.29 is 9.53 Å². The van der Waals surface area contributed by atoms with Crippen LogP contribution in [0.15, 0.2) is 67.0 Å². The van der Waals surface area contributed by atoms with Gasteiger partial charge in [-0.3, -0.25) is 15.1 Å². The molecule has 0 radical (unpaired) electrons. The number of hydrogen-bond acceptors (Lipinski definition) is 6. The van der Waals surface area contributed by atoms with E-state index in [-0.39, 0.29) is 5.91 Å². The molecule has 0 saturated heterocycles. The molecule has 0 fully saturated rings. The van der Waals surface area contributed by atoms with Crippen molar-refractivity contribution in [3.05, 3.63) is 72.6 Å². The molecule has 0 bridgehead atoms. The van der Waals surface area contributed by atoms with Gasteiger partial charge in [0.15, 0.2) is 5.13 Å². The fourth-order valence-electron chi connectivity index (χ4n) is 2.75. The van der Waals surface area contributed by atoms with E-state index in [0.717, 1.165) is 21.3 Å². The number of ether oxygens (including phenoxy) is 1. The zero-order chi connectivity index (χ0) is 19.3. The van der Waals surface area contributed by atoms with Gasteiger partial charge in [0.2, 0.25) is 0 Å². The molecule has 0 aliphatic heterocycles. The van der Waals surface area contributed by atoms with Gasteiger partial charge in [0.1, 0.15) is 12.4 Å². The Kier molecular flexibility index (Phi) is 5.27. The molecular formula is C21H18N4O2S. The lowest BCUT2D eigenvalue weighted by Gasteiger charge is -2.05. The number of aromatic nitrogens is 2. The molecule has 2 aromatic heterocycles. The second-order valence-corrected chi connectivity index (χ2v) is 7.08. The van der Waals surface area contributed by atoms with Gasteiger partial charge in [0.05, 0.1) is 10.2 Å². The average Bonchev–Trinajstić information content (AvgIpc) is 3.14. The highest BCUT2D eigenvalue weighted by Crippen LogP contribution is 2.30. The molecule has 0 aliphatic carbocycles. The molecule has 4 aromatic rings. The van der Waals surface area contributed by atoms with Gasteiger partial charge in [0, 0.05) is 24.5 Å². The SMILES string of the molecule is NCCOc1ccc(C(=O)Nc2nc3ccc(-c4ccncc4)cc3s2)cc1. The summed E-state index contributed by atoms with van der Waals surface area (Å²) in [7, 11) is 0. The molecule has 2 aromatic carbocycles. The van der Waals surface area contributed by atoms with Crippen molar-refractivity contribution in [3.63, 3.8) is 0 Å². The Morgan fingerprint density at radius 3 is 2.57 bits per heavy atom. The number of nitrogens with zero attached hydrogens (tertiary/aromatic N) is 2. The van der Waals surface area contributed by atoms with E-state index in [0.29, 0.717) is 29.6 Å². The number of rotatable bonds is 6. The van der Waals surface area contributed by atoms with Crippen molar-refractivity contribution in [3.8, 4) is 16.9 Å². The monoisotopic (exact) mass is 390 g/mol. The first-order valence-electron chi connectivity index (χ1n) is 8.78. The first-order valence-corrected chi connectivity index (χ1v) is 9.60. The van der Waals surface area contributed by atoms with Crippen LogP contribution in [0.1, 0.15) is 10.4 Å². The molecule has 7 heteroatoms. The van der Waals surface area contributed by atoms with Gasteiger partial charge in [0.25, 0.3) is 5.91 Å². The third-order valence-electron chi connectivity index (χ3n) is 4.13. The Balaban J connectivity index is 1.50. The highest BCUT2D eigenvalue weighted by Gasteiger charge is 2.11. The molecule has 3 N–H and O–H groups in total. The second-order valence-electron chi connectivity index (χ2n) is 6.05. The van der Waals surface area contributed by atoms with E-state index in [4.69, 9.17) is 10.5 Å². The fraction of sp³-hybridized carbons (Fsp3) is 0.0952. The molecule has 0 atom stereocenters. The summed E-state index contributed by atoms with van der Waals surface area (Å²) in [5.74, 6) is 0.476. The summed E-state index contributed by atoms with van der Waals surface area (Å²) in [6, 6.07) is 16.9. The van der Waals surface area contributed by atoms with Crippen LogP contribution in [0.4, 0.5) is 5.13 Å². The lowest BCUT2D eigenvalue weighted by Crippen LogP contribution is -2.12. The Morgan fingerprint density at radius 1 is 1.04 bits per heavy atom. The number of thiazole rings is 1. The minimum Gasteiger partial charge on any atom is -0.492 e. The Hall–Kier alpha value is -3.29. The van der Waals surface area contributed by atoms with Gasteiger partial charge in [-0.1, -0.05) is 17.4 Å². The smallest absolute Gasteiger partial charge is 0.257 e. The van der Waals surface area contributed by atoms with E-state index in [1.165, 1.54) is 11.3 Å². The van der Waals surface area contributed by atoms with Gasteiger partial charge >= 0.3 is 0 Å². The van der Waals surface area contributed by atoms with E-state index in [2.05, 4.69) is 21.4 Å². The van der Waals surface area contributed by atoms with Crippen LogP contribution in [0.2, 0.25) is 0 Å². The van der Waals surface area contributed by atoms with Crippen LogP contribution in [-0.2, 0) is 0 Å². The quantitative estimate of drug-likeness (QED) is 0.520. The van der Waals surface area contributed by atoms with Gasteiger partial charge in [-0.25, -0.2) is 4.98 Å². The molecule has 2 heterocycles. The molecule has 1 amide bonds.